The van der Waals surface area contributed by atoms with Crippen molar-refractivity contribution in [1.29, 1.82) is 0 Å². The second kappa shape index (κ2) is 7.92. The average molecular weight is 393 g/mol. The SMILES string of the molecule is O=C([O-])C1=Cc2c(Oc3cccc(Cl)c3)cccc2OC1C(F)(F)F.[Na+]. The molecule has 0 spiro atoms. The summed E-state index contributed by atoms with van der Waals surface area (Å²) in [5.41, 5.74) is -0.954. The van der Waals surface area contributed by atoms with Crippen LogP contribution in [0.25, 0.3) is 6.08 Å². The monoisotopic (exact) mass is 392 g/mol. The van der Waals surface area contributed by atoms with E-state index in [1.54, 1.807) is 18.2 Å². The average Bonchev–Trinajstić information content (AvgIpc) is 2.53. The van der Waals surface area contributed by atoms with E-state index in [1.807, 2.05) is 0 Å². The molecule has 0 aromatic heterocycles. The molecule has 1 aliphatic heterocycles. The van der Waals surface area contributed by atoms with Crippen LogP contribution in [0.3, 0.4) is 0 Å². The van der Waals surface area contributed by atoms with Crippen LogP contribution in [0.15, 0.2) is 48.0 Å². The summed E-state index contributed by atoms with van der Waals surface area (Å²) < 4.78 is 49.6. The summed E-state index contributed by atoms with van der Waals surface area (Å²) in [5.74, 6) is -1.65. The van der Waals surface area contributed by atoms with Crippen LogP contribution in [0.1, 0.15) is 5.56 Å². The molecule has 1 heterocycles. The molecule has 1 aliphatic rings. The van der Waals surface area contributed by atoms with E-state index >= 15 is 0 Å². The van der Waals surface area contributed by atoms with Gasteiger partial charge in [-0.2, -0.15) is 13.2 Å². The molecule has 2 aromatic carbocycles. The minimum absolute atomic E-state index is 0. The van der Waals surface area contributed by atoms with E-state index < -0.39 is 23.8 Å². The van der Waals surface area contributed by atoms with Gasteiger partial charge < -0.3 is 19.4 Å². The smallest absolute Gasteiger partial charge is 0.545 e. The molecule has 0 bridgehead atoms. The van der Waals surface area contributed by atoms with E-state index in [0.717, 1.165) is 6.08 Å². The second-order valence-corrected chi connectivity index (χ2v) is 5.59. The van der Waals surface area contributed by atoms with Crippen molar-refractivity contribution in [3.8, 4) is 17.2 Å². The molecule has 26 heavy (non-hydrogen) atoms. The quantitative estimate of drug-likeness (QED) is 0.718. The first-order valence-corrected chi connectivity index (χ1v) is 7.36. The van der Waals surface area contributed by atoms with Crippen LogP contribution in [-0.4, -0.2) is 18.2 Å². The largest absolute Gasteiger partial charge is 1.00 e. The number of rotatable bonds is 3. The van der Waals surface area contributed by atoms with Gasteiger partial charge in [0, 0.05) is 10.6 Å². The number of aliphatic carboxylic acids is 1. The Hall–Kier alpha value is -1.67. The Morgan fingerprint density at radius 2 is 1.88 bits per heavy atom. The topological polar surface area (TPSA) is 58.6 Å². The van der Waals surface area contributed by atoms with Crippen molar-refractivity contribution in [1.82, 2.24) is 0 Å². The van der Waals surface area contributed by atoms with E-state index in [1.165, 1.54) is 24.3 Å². The number of benzene rings is 2. The molecule has 130 valence electrons. The third kappa shape index (κ3) is 4.35. The van der Waals surface area contributed by atoms with Crippen molar-refractivity contribution in [3.05, 3.63) is 58.6 Å². The van der Waals surface area contributed by atoms with Crippen molar-refractivity contribution in [2.24, 2.45) is 0 Å². The number of hydrogen-bond donors (Lipinski definition) is 0. The Bertz CT molecular complexity index is 867. The molecule has 1 atom stereocenters. The molecule has 0 saturated carbocycles. The molecule has 0 saturated heterocycles. The maximum Gasteiger partial charge on any atom is 1.00 e. The van der Waals surface area contributed by atoms with E-state index in [-0.39, 0.29) is 46.6 Å². The number of hydrogen-bond acceptors (Lipinski definition) is 4. The molecule has 1 unspecified atom stereocenters. The molecular weight excluding hydrogens is 384 g/mol. The summed E-state index contributed by atoms with van der Waals surface area (Å²) in [6.07, 6.45) is -6.65. The number of fused-ring (bicyclic) bond motifs is 1. The van der Waals surface area contributed by atoms with Gasteiger partial charge in [-0.15, -0.1) is 0 Å². The van der Waals surface area contributed by atoms with E-state index in [0.29, 0.717) is 10.8 Å². The van der Waals surface area contributed by atoms with Gasteiger partial charge in [-0.3, -0.25) is 0 Å². The van der Waals surface area contributed by atoms with E-state index in [2.05, 4.69) is 0 Å². The van der Waals surface area contributed by atoms with Crippen LogP contribution in [0.2, 0.25) is 5.02 Å². The summed E-state index contributed by atoms with van der Waals surface area (Å²) in [6.45, 7) is 0. The third-order valence-corrected chi connectivity index (χ3v) is 3.65. The molecular formula is C17H9ClF3NaO4. The molecule has 4 nitrogen and oxygen atoms in total. The second-order valence-electron chi connectivity index (χ2n) is 5.15. The molecule has 0 N–H and O–H groups in total. The number of carboxylic acid groups (broad SMARTS) is 1. The predicted octanol–water partition coefficient (Wildman–Crippen LogP) is 0.593. The fourth-order valence-corrected chi connectivity index (χ4v) is 2.53. The summed E-state index contributed by atoms with van der Waals surface area (Å²) in [7, 11) is 0. The summed E-state index contributed by atoms with van der Waals surface area (Å²) in [5, 5.41) is 11.5. The van der Waals surface area contributed by atoms with Gasteiger partial charge in [-0.05, 0) is 36.4 Å². The molecule has 9 heteroatoms. The number of alkyl halides is 3. The van der Waals surface area contributed by atoms with Crippen molar-refractivity contribution in [2.75, 3.05) is 0 Å². The van der Waals surface area contributed by atoms with Gasteiger partial charge in [0.1, 0.15) is 17.2 Å². The van der Waals surface area contributed by atoms with Crippen molar-refractivity contribution >= 4 is 23.6 Å². The van der Waals surface area contributed by atoms with Gasteiger partial charge in [0.2, 0.25) is 6.10 Å². The Labute approximate surface area is 173 Å². The van der Waals surface area contributed by atoms with Gasteiger partial charge >= 0.3 is 35.7 Å². The zero-order valence-corrected chi connectivity index (χ0v) is 16.1. The van der Waals surface area contributed by atoms with Crippen molar-refractivity contribution in [2.45, 2.75) is 12.3 Å². The first-order valence-electron chi connectivity index (χ1n) is 6.98. The number of carbonyl (C=O) groups is 1. The molecule has 0 amide bonds. The van der Waals surface area contributed by atoms with Crippen LogP contribution in [0, 0.1) is 0 Å². The van der Waals surface area contributed by atoms with Crippen LogP contribution < -0.4 is 44.1 Å². The van der Waals surface area contributed by atoms with Gasteiger partial charge in [-0.25, -0.2) is 0 Å². The molecule has 0 fully saturated rings. The van der Waals surface area contributed by atoms with Crippen LogP contribution in [0.5, 0.6) is 17.2 Å². The molecule has 2 aromatic rings. The Morgan fingerprint density at radius 3 is 2.50 bits per heavy atom. The van der Waals surface area contributed by atoms with E-state index in [9.17, 15) is 23.1 Å². The molecule has 3 rings (SSSR count). The first kappa shape index (κ1) is 20.6. The maximum absolute atomic E-state index is 13.0. The minimum atomic E-state index is -4.90. The summed E-state index contributed by atoms with van der Waals surface area (Å²) in [6, 6.07) is 10.6. The summed E-state index contributed by atoms with van der Waals surface area (Å²) in [4.78, 5) is 11.1. The Balaban J connectivity index is 0.00000243. The molecule has 0 aliphatic carbocycles. The number of carbonyl (C=O) groups excluding carboxylic acids is 1. The minimum Gasteiger partial charge on any atom is -0.545 e. The van der Waals surface area contributed by atoms with Gasteiger partial charge in [-0.1, -0.05) is 23.7 Å². The predicted molar refractivity (Wildman–Crippen MR) is 81.4 cm³/mol. The number of ether oxygens (including phenoxy) is 2. The number of halogens is 4. The number of carboxylic acids is 1. The Kier molecular flexibility index (Phi) is 6.29. The van der Waals surface area contributed by atoms with Gasteiger partial charge in [0.05, 0.1) is 11.5 Å². The fraction of sp³-hybridized carbons (Fsp3) is 0.118. The zero-order valence-electron chi connectivity index (χ0n) is 13.3. The Morgan fingerprint density at radius 1 is 1.19 bits per heavy atom. The molecule has 0 radical (unpaired) electrons. The standard InChI is InChI=1S/C17H10ClF3O4.Na/c18-9-3-1-4-10(7-9)24-13-5-2-6-14-11(13)8-12(16(22)23)15(25-14)17(19,20)21;/h1-8,15H,(H,22,23);/q;+1/p-1. The summed E-state index contributed by atoms with van der Waals surface area (Å²) >= 11 is 5.86. The van der Waals surface area contributed by atoms with Crippen LogP contribution in [-0.2, 0) is 4.79 Å². The normalized spacial score (nSPS) is 15.8. The van der Waals surface area contributed by atoms with Crippen molar-refractivity contribution in [3.63, 3.8) is 0 Å². The fourth-order valence-electron chi connectivity index (χ4n) is 2.35. The van der Waals surface area contributed by atoms with Gasteiger partial charge in [0.15, 0.2) is 0 Å². The first-order chi connectivity index (χ1) is 11.8. The maximum atomic E-state index is 13.0. The zero-order chi connectivity index (χ0) is 18.2. The van der Waals surface area contributed by atoms with E-state index in [4.69, 9.17) is 21.1 Å². The third-order valence-electron chi connectivity index (χ3n) is 3.41. The van der Waals surface area contributed by atoms with Crippen LogP contribution >= 0.6 is 11.6 Å². The van der Waals surface area contributed by atoms with Crippen molar-refractivity contribution < 1.29 is 62.1 Å². The van der Waals surface area contributed by atoms with Gasteiger partial charge in [0.25, 0.3) is 0 Å². The van der Waals surface area contributed by atoms with Crippen LogP contribution in [0.4, 0.5) is 13.2 Å².